The van der Waals surface area contributed by atoms with Crippen LogP contribution in [0.5, 0.6) is 0 Å². The van der Waals surface area contributed by atoms with Crippen LogP contribution >= 0.6 is 11.6 Å². The van der Waals surface area contributed by atoms with E-state index in [0.29, 0.717) is 30.1 Å². The molecule has 0 aliphatic carbocycles. The van der Waals surface area contributed by atoms with Gasteiger partial charge in [-0.25, -0.2) is 14.4 Å². The molecule has 2 heterocycles. The van der Waals surface area contributed by atoms with Gasteiger partial charge in [0, 0.05) is 24.4 Å². The fourth-order valence-electron chi connectivity index (χ4n) is 2.94. The van der Waals surface area contributed by atoms with Gasteiger partial charge in [-0.3, -0.25) is 4.79 Å². The van der Waals surface area contributed by atoms with Gasteiger partial charge in [-0.1, -0.05) is 17.7 Å². The van der Waals surface area contributed by atoms with Crippen LogP contribution in [-0.2, 0) is 11.0 Å². The molecule has 1 aliphatic heterocycles. The molecule has 1 aromatic heterocycles. The van der Waals surface area contributed by atoms with Crippen LogP contribution in [0.15, 0.2) is 36.0 Å². The highest BCUT2D eigenvalue weighted by Crippen LogP contribution is 2.32. The standard InChI is InChI=1S/C19H17ClF4N4O3/c20-16-17(25-8-14(27-16)15(30)9-29)28-5-3-10(4-6-28)18(31)26-11-1-2-12(13(21)7-11)19(22,23)24/h1-3,7-8,15,29-30H,4-6,9H2,(H,26,31)/t15-/m1/s1. The number of aliphatic hydroxyl groups excluding tert-OH is 2. The second-order valence-corrected chi connectivity index (χ2v) is 7.04. The highest BCUT2D eigenvalue weighted by molar-refractivity contribution is 6.31. The predicted octanol–water partition coefficient (Wildman–Crippen LogP) is 3.09. The zero-order valence-electron chi connectivity index (χ0n) is 15.8. The van der Waals surface area contributed by atoms with E-state index in [1.165, 1.54) is 6.20 Å². The summed E-state index contributed by atoms with van der Waals surface area (Å²) in [5, 5.41) is 21.0. The Labute approximate surface area is 179 Å². The Morgan fingerprint density at radius 1 is 1.35 bits per heavy atom. The van der Waals surface area contributed by atoms with Crippen LogP contribution in [0, 0.1) is 5.82 Å². The number of hydrogen-bond acceptors (Lipinski definition) is 6. The topological polar surface area (TPSA) is 98.6 Å². The van der Waals surface area contributed by atoms with E-state index in [4.69, 9.17) is 16.7 Å². The second-order valence-electron chi connectivity index (χ2n) is 6.68. The van der Waals surface area contributed by atoms with Crippen molar-refractivity contribution in [2.75, 3.05) is 29.9 Å². The number of carbonyl (C=O) groups is 1. The fraction of sp³-hybridized carbons (Fsp3) is 0.316. The van der Waals surface area contributed by atoms with Gasteiger partial charge in [0.05, 0.1) is 24.1 Å². The van der Waals surface area contributed by atoms with E-state index in [0.717, 1.165) is 6.07 Å². The molecule has 2 aromatic rings. The number of amides is 1. The van der Waals surface area contributed by atoms with Gasteiger partial charge in [-0.2, -0.15) is 13.2 Å². The Balaban J connectivity index is 1.66. The summed E-state index contributed by atoms with van der Waals surface area (Å²) >= 11 is 6.11. The van der Waals surface area contributed by atoms with E-state index in [1.54, 1.807) is 11.0 Å². The Bertz CT molecular complexity index is 1020. The predicted molar refractivity (Wildman–Crippen MR) is 104 cm³/mol. The molecule has 31 heavy (non-hydrogen) atoms. The average Bonchev–Trinajstić information content (AvgIpc) is 2.72. The quantitative estimate of drug-likeness (QED) is 0.593. The number of carbonyl (C=O) groups excluding carboxylic acids is 1. The number of anilines is 2. The lowest BCUT2D eigenvalue weighted by Gasteiger charge is -2.27. The molecule has 0 unspecified atom stereocenters. The summed E-state index contributed by atoms with van der Waals surface area (Å²) in [6.45, 7) is 0.0649. The Hall–Kier alpha value is -2.76. The van der Waals surface area contributed by atoms with Crippen LogP contribution in [0.2, 0.25) is 5.15 Å². The maximum atomic E-state index is 13.7. The van der Waals surface area contributed by atoms with E-state index in [-0.39, 0.29) is 29.5 Å². The largest absolute Gasteiger partial charge is 0.419 e. The molecule has 3 rings (SSSR count). The van der Waals surface area contributed by atoms with Crippen LogP contribution in [0.1, 0.15) is 23.8 Å². The van der Waals surface area contributed by atoms with Gasteiger partial charge in [0.1, 0.15) is 11.9 Å². The highest BCUT2D eigenvalue weighted by atomic mass is 35.5. The van der Waals surface area contributed by atoms with Gasteiger partial charge in [0.25, 0.3) is 5.91 Å². The number of hydrogen-bond donors (Lipinski definition) is 3. The van der Waals surface area contributed by atoms with E-state index in [9.17, 15) is 27.5 Å². The minimum absolute atomic E-state index is 0.0199. The van der Waals surface area contributed by atoms with Crippen LogP contribution in [0.3, 0.4) is 0 Å². The molecule has 3 N–H and O–H groups in total. The van der Waals surface area contributed by atoms with Crippen LogP contribution in [0.4, 0.5) is 29.1 Å². The Kier molecular flexibility index (Phi) is 6.77. The fourth-order valence-corrected chi connectivity index (χ4v) is 3.21. The highest BCUT2D eigenvalue weighted by Gasteiger charge is 2.34. The van der Waals surface area contributed by atoms with Crippen molar-refractivity contribution in [2.24, 2.45) is 0 Å². The number of aromatic nitrogens is 2. The number of benzene rings is 1. The number of rotatable bonds is 5. The molecule has 1 atom stereocenters. The third-order valence-electron chi connectivity index (χ3n) is 4.58. The van der Waals surface area contributed by atoms with E-state index in [1.807, 2.05) is 0 Å². The Morgan fingerprint density at radius 3 is 2.65 bits per heavy atom. The number of nitrogens with zero attached hydrogens (tertiary/aromatic N) is 3. The van der Waals surface area contributed by atoms with Crippen molar-refractivity contribution in [1.82, 2.24) is 9.97 Å². The lowest BCUT2D eigenvalue weighted by molar-refractivity contribution is -0.139. The first-order chi connectivity index (χ1) is 14.6. The average molecular weight is 461 g/mol. The van der Waals surface area contributed by atoms with Gasteiger partial charge in [-0.05, 0) is 24.6 Å². The third-order valence-corrected chi connectivity index (χ3v) is 4.83. The molecular formula is C19H17ClF4N4O3. The molecular weight excluding hydrogens is 444 g/mol. The lowest BCUT2D eigenvalue weighted by atomic mass is 10.1. The number of alkyl halides is 3. The second kappa shape index (κ2) is 9.16. The molecule has 12 heteroatoms. The first kappa shape index (κ1) is 22.9. The third kappa shape index (κ3) is 5.30. The van der Waals surface area contributed by atoms with Gasteiger partial charge in [0.2, 0.25) is 0 Å². The number of halogens is 5. The molecule has 166 valence electrons. The van der Waals surface area contributed by atoms with E-state index in [2.05, 4.69) is 15.3 Å². The molecule has 0 fully saturated rings. The van der Waals surface area contributed by atoms with Crippen LogP contribution in [-0.4, -0.2) is 45.8 Å². The lowest BCUT2D eigenvalue weighted by Crippen LogP contribution is -2.32. The zero-order chi connectivity index (χ0) is 22.8. The maximum Gasteiger partial charge on any atom is 0.419 e. The molecule has 0 radical (unpaired) electrons. The van der Waals surface area contributed by atoms with E-state index < -0.39 is 36.2 Å². The SMILES string of the molecule is O=C(Nc1ccc(C(F)(F)F)c(F)c1)C1=CCN(c2ncc([C@H](O)CO)nc2Cl)CC1. The normalized spacial score (nSPS) is 15.5. The zero-order valence-corrected chi connectivity index (χ0v) is 16.6. The summed E-state index contributed by atoms with van der Waals surface area (Å²) in [6, 6.07) is 2.17. The summed E-state index contributed by atoms with van der Waals surface area (Å²) in [6.07, 6.45) is -2.87. The maximum absolute atomic E-state index is 13.7. The van der Waals surface area contributed by atoms with Crippen molar-refractivity contribution in [2.45, 2.75) is 18.7 Å². The number of nitrogens with one attached hydrogen (secondary N) is 1. The molecule has 0 saturated carbocycles. The minimum Gasteiger partial charge on any atom is -0.393 e. The molecule has 1 aromatic carbocycles. The van der Waals surface area contributed by atoms with Gasteiger partial charge >= 0.3 is 6.18 Å². The molecule has 0 bridgehead atoms. The van der Waals surface area contributed by atoms with Crippen LogP contribution in [0.25, 0.3) is 0 Å². The van der Waals surface area contributed by atoms with Crippen molar-refractivity contribution >= 4 is 29.0 Å². The first-order valence-electron chi connectivity index (χ1n) is 9.03. The van der Waals surface area contributed by atoms with Crippen molar-refractivity contribution in [3.8, 4) is 0 Å². The summed E-state index contributed by atoms with van der Waals surface area (Å²) in [4.78, 5) is 22.3. The van der Waals surface area contributed by atoms with Gasteiger partial charge in [-0.15, -0.1) is 0 Å². The minimum atomic E-state index is -4.82. The van der Waals surface area contributed by atoms with Crippen molar-refractivity contribution < 1.29 is 32.6 Å². The first-order valence-corrected chi connectivity index (χ1v) is 9.41. The van der Waals surface area contributed by atoms with Gasteiger partial charge in [0.15, 0.2) is 11.0 Å². The molecule has 1 amide bonds. The summed E-state index contributed by atoms with van der Waals surface area (Å²) in [7, 11) is 0. The number of aliphatic hydroxyl groups is 2. The van der Waals surface area contributed by atoms with Crippen molar-refractivity contribution in [1.29, 1.82) is 0 Å². The molecule has 1 aliphatic rings. The Morgan fingerprint density at radius 2 is 2.10 bits per heavy atom. The van der Waals surface area contributed by atoms with E-state index >= 15 is 0 Å². The van der Waals surface area contributed by atoms with Crippen molar-refractivity contribution in [3.05, 3.63) is 58.3 Å². The molecule has 7 nitrogen and oxygen atoms in total. The smallest absolute Gasteiger partial charge is 0.393 e. The summed E-state index contributed by atoms with van der Waals surface area (Å²) in [5.74, 6) is -1.70. The summed E-state index contributed by atoms with van der Waals surface area (Å²) < 4.78 is 51.6. The molecule has 0 saturated heterocycles. The van der Waals surface area contributed by atoms with Crippen molar-refractivity contribution in [3.63, 3.8) is 0 Å². The molecule has 0 spiro atoms. The van der Waals surface area contributed by atoms with Crippen LogP contribution < -0.4 is 10.2 Å². The van der Waals surface area contributed by atoms with Gasteiger partial charge < -0.3 is 20.4 Å². The monoisotopic (exact) mass is 460 g/mol. The summed E-state index contributed by atoms with van der Waals surface area (Å²) in [5.41, 5.74) is -1.01.